The van der Waals surface area contributed by atoms with Gasteiger partial charge in [0.2, 0.25) is 0 Å². The fraction of sp³-hybridized carbons (Fsp3) is 0.900. The van der Waals surface area contributed by atoms with Crippen LogP contribution in [-0.2, 0) is 0 Å². The van der Waals surface area contributed by atoms with Crippen LogP contribution in [0.2, 0.25) is 0 Å². The fourth-order valence-corrected chi connectivity index (χ4v) is 2.78. The predicted octanol–water partition coefficient (Wildman–Crippen LogP) is 0.437. The molecule has 0 spiro atoms. The van der Waals surface area contributed by atoms with Gasteiger partial charge in [0.1, 0.15) is 0 Å². The molecule has 2 heterocycles. The van der Waals surface area contributed by atoms with Crippen molar-refractivity contribution in [2.45, 2.75) is 44.8 Å². The highest BCUT2D eigenvalue weighted by atomic mass is 15.4. The average molecular weight is 196 g/mol. The highest BCUT2D eigenvalue weighted by Crippen LogP contribution is 2.34. The zero-order chi connectivity index (χ0) is 10.5. The molecular weight excluding hydrogens is 176 g/mol. The molecule has 0 unspecified atom stereocenters. The zero-order valence-corrected chi connectivity index (χ0v) is 9.25. The molecule has 14 heavy (non-hydrogen) atoms. The highest BCUT2D eigenvalue weighted by molar-refractivity contribution is 5.75. The largest absolute Gasteiger partial charge is 0.370 e. The number of hydrogen-bond donors (Lipinski definition) is 2. The Bertz CT molecular complexity index is 255. The maximum absolute atomic E-state index is 7.45. The van der Waals surface area contributed by atoms with E-state index in [9.17, 15) is 0 Å². The molecule has 2 aliphatic heterocycles. The van der Waals surface area contributed by atoms with Crippen molar-refractivity contribution in [2.24, 2.45) is 5.73 Å². The van der Waals surface area contributed by atoms with E-state index in [1.165, 1.54) is 6.42 Å². The van der Waals surface area contributed by atoms with Gasteiger partial charge in [-0.25, -0.2) is 0 Å². The number of guanidine groups is 1. The van der Waals surface area contributed by atoms with E-state index in [0.29, 0.717) is 12.1 Å². The second-order valence-electron chi connectivity index (χ2n) is 5.40. The summed E-state index contributed by atoms with van der Waals surface area (Å²) < 4.78 is 0. The van der Waals surface area contributed by atoms with Crippen molar-refractivity contribution in [3.05, 3.63) is 0 Å². The third-order valence-corrected chi connectivity index (χ3v) is 3.41. The Labute approximate surface area is 85.6 Å². The summed E-state index contributed by atoms with van der Waals surface area (Å²) in [5.74, 6) is 0.242. The van der Waals surface area contributed by atoms with Gasteiger partial charge < -0.3 is 10.6 Å². The molecule has 0 aliphatic carbocycles. The number of piperazine rings is 1. The number of fused-ring (bicyclic) bond motifs is 2. The Morgan fingerprint density at radius 3 is 2.29 bits per heavy atom. The zero-order valence-electron chi connectivity index (χ0n) is 9.25. The molecule has 0 radical (unpaired) electrons. The molecule has 2 bridgehead atoms. The number of rotatable bonds is 0. The van der Waals surface area contributed by atoms with Gasteiger partial charge in [-0.05, 0) is 27.2 Å². The van der Waals surface area contributed by atoms with E-state index >= 15 is 0 Å². The summed E-state index contributed by atoms with van der Waals surface area (Å²) in [6.07, 6.45) is 1.18. The molecule has 0 aromatic rings. The summed E-state index contributed by atoms with van der Waals surface area (Å²) in [5.41, 5.74) is 5.78. The molecule has 0 saturated carbocycles. The minimum atomic E-state index is 0.242. The van der Waals surface area contributed by atoms with E-state index in [1.807, 2.05) is 4.90 Å². The molecule has 4 heteroatoms. The standard InChI is InChI=1S/C10H20N4/c1-10(2,3)14-6-7-4-8(14)5-13(7)9(11)12/h7-8H,4-6H2,1-3H3,(H3,11,12)/t7-,8-/m0/s1. The number of nitrogens with zero attached hydrogens (tertiary/aromatic N) is 2. The molecule has 80 valence electrons. The van der Waals surface area contributed by atoms with Crippen molar-refractivity contribution >= 4 is 5.96 Å². The van der Waals surface area contributed by atoms with Crippen molar-refractivity contribution in [3.8, 4) is 0 Å². The van der Waals surface area contributed by atoms with E-state index in [0.717, 1.165) is 13.1 Å². The van der Waals surface area contributed by atoms with Crippen molar-refractivity contribution in [2.75, 3.05) is 13.1 Å². The van der Waals surface area contributed by atoms with E-state index in [1.54, 1.807) is 0 Å². The molecule has 2 atom stereocenters. The summed E-state index contributed by atoms with van der Waals surface area (Å²) in [6.45, 7) is 8.77. The first-order valence-electron chi connectivity index (χ1n) is 5.27. The Balaban J connectivity index is 2.07. The summed E-state index contributed by atoms with van der Waals surface area (Å²) in [4.78, 5) is 4.57. The third kappa shape index (κ3) is 1.38. The van der Waals surface area contributed by atoms with Crippen LogP contribution in [0.1, 0.15) is 27.2 Å². The fourth-order valence-electron chi connectivity index (χ4n) is 2.78. The monoisotopic (exact) mass is 196 g/mol. The van der Waals surface area contributed by atoms with Crippen molar-refractivity contribution < 1.29 is 0 Å². The Kier molecular flexibility index (Phi) is 2.00. The van der Waals surface area contributed by atoms with Gasteiger partial charge in [-0.3, -0.25) is 10.3 Å². The van der Waals surface area contributed by atoms with E-state index in [-0.39, 0.29) is 11.5 Å². The van der Waals surface area contributed by atoms with Crippen LogP contribution >= 0.6 is 0 Å². The van der Waals surface area contributed by atoms with Crippen LogP contribution in [-0.4, -0.2) is 46.5 Å². The van der Waals surface area contributed by atoms with Crippen LogP contribution < -0.4 is 5.73 Å². The summed E-state index contributed by atoms with van der Waals surface area (Å²) in [7, 11) is 0. The molecule has 2 fully saturated rings. The molecule has 0 aromatic heterocycles. The maximum atomic E-state index is 7.45. The van der Waals surface area contributed by atoms with Gasteiger partial charge in [0, 0.05) is 30.7 Å². The van der Waals surface area contributed by atoms with Crippen LogP contribution in [0.15, 0.2) is 0 Å². The minimum absolute atomic E-state index is 0.242. The lowest BCUT2D eigenvalue weighted by molar-refractivity contribution is 0.0800. The van der Waals surface area contributed by atoms with E-state index < -0.39 is 0 Å². The first kappa shape index (κ1) is 9.77. The number of nitrogens with two attached hydrogens (primary N) is 1. The highest BCUT2D eigenvalue weighted by Gasteiger charge is 2.47. The van der Waals surface area contributed by atoms with Gasteiger partial charge in [-0.2, -0.15) is 0 Å². The summed E-state index contributed by atoms with van der Waals surface area (Å²) in [5, 5.41) is 7.45. The number of nitrogens with one attached hydrogen (secondary N) is 1. The van der Waals surface area contributed by atoms with Crippen LogP contribution in [0, 0.1) is 5.41 Å². The Morgan fingerprint density at radius 1 is 1.29 bits per heavy atom. The van der Waals surface area contributed by atoms with E-state index in [2.05, 4.69) is 25.7 Å². The first-order chi connectivity index (χ1) is 6.39. The van der Waals surface area contributed by atoms with Gasteiger partial charge >= 0.3 is 0 Å². The third-order valence-electron chi connectivity index (χ3n) is 3.41. The SMILES string of the molecule is CC(C)(C)N1C[C@@H]2C[C@H]1CN2C(=N)N. The lowest BCUT2D eigenvalue weighted by atomic mass is 10.0. The minimum Gasteiger partial charge on any atom is -0.370 e. The van der Waals surface area contributed by atoms with Gasteiger partial charge in [0.15, 0.2) is 5.96 Å². The predicted molar refractivity (Wildman–Crippen MR) is 57.3 cm³/mol. The topological polar surface area (TPSA) is 56.4 Å². The number of hydrogen-bond acceptors (Lipinski definition) is 2. The van der Waals surface area contributed by atoms with Gasteiger partial charge in [0.05, 0.1) is 0 Å². The molecule has 0 aromatic carbocycles. The summed E-state index contributed by atoms with van der Waals surface area (Å²) in [6, 6.07) is 1.08. The maximum Gasteiger partial charge on any atom is 0.188 e. The second-order valence-corrected chi connectivity index (χ2v) is 5.40. The van der Waals surface area contributed by atoms with Crippen LogP contribution in [0.5, 0.6) is 0 Å². The molecule has 0 amide bonds. The molecule has 2 aliphatic rings. The molecule has 3 N–H and O–H groups in total. The van der Waals surface area contributed by atoms with Crippen LogP contribution in [0.4, 0.5) is 0 Å². The van der Waals surface area contributed by atoms with Crippen LogP contribution in [0.3, 0.4) is 0 Å². The quantitative estimate of drug-likeness (QED) is 0.436. The van der Waals surface area contributed by atoms with Gasteiger partial charge in [-0.15, -0.1) is 0 Å². The lowest BCUT2D eigenvalue weighted by Crippen LogP contribution is -2.55. The second kappa shape index (κ2) is 2.86. The van der Waals surface area contributed by atoms with Gasteiger partial charge in [0.25, 0.3) is 0 Å². The molecule has 4 nitrogen and oxygen atoms in total. The van der Waals surface area contributed by atoms with Crippen LogP contribution in [0.25, 0.3) is 0 Å². The van der Waals surface area contributed by atoms with Crippen molar-refractivity contribution in [1.29, 1.82) is 5.41 Å². The summed E-state index contributed by atoms with van der Waals surface area (Å²) >= 11 is 0. The molecular formula is C10H20N4. The smallest absolute Gasteiger partial charge is 0.188 e. The van der Waals surface area contributed by atoms with Crippen molar-refractivity contribution in [3.63, 3.8) is 0 Å². The average Bonchev–Trinajstić information content (AvgIpc) is 2.58. The lowest BCUT2D eigenvalue weighted by Gasteiger charge is -2.42. The normalized spacial score (nSPS) is 32.6. The van der Waals surface area contributed by atoms with Crippen molar-refractivity contribution in [1.82, 2.24) is 9.80 Å². The first-order valence-corrected chi connectivity index (χ1v) is 5.27. The molecule has 2 saturated heterocycles. The Hall–Kier alpha value is -0.770. The molecule has 2 rings (SSSR count). The Morgan fingerprint density at radius 2 is 1.93 bits per heavy atom. The van der Waals surface area contributed by atoms with E-state index in [4.69, 9.17) is 11.1 Å². The van der Waals surface area contributed by atoms with Gasteiger partial charge in [-0.1, -0.05) is 0 Å². The number of likely N-dealkylation sites (tertiary alicyclic amines) is 2.